The first-order valence-corrected chi connectivity index (χ1v) is 7.71. The fraction of sp³-hybridized carbons (Fsp3) is 0.562. The van der Waals surface area contributed by atoms with Gasteiger partial charge in [0.05, 0.1) is 5.54 Å². The van der Waals surface area contributed by atoms with Gasteiger partial charge in [0.15, 0.2) is 5.58 Å². The number of hydrogen-bond donors (Lipinski definition) is 1. The molecule has 1 N–H and O–H groups in total. The maximum absolute atomic E-state index is 6.02. The van der Waals surface area contributed by atoms with Crippen LogP contribution in [0.2, 0.25) is 0 Å². The Bertz CT molecular complexity index is 559. The van der Waals surface area contributed by atoms with E-state index in [9.17, 15) is 0 Å². The highest BCUT2D eigenvalue weighted by Crippen LogP contribution is 2.38. The van der Waals surface area contributed by atoms with E-state index in [0.29, 0.717) is 0 Å². The van der Waals surface area contributed by atoms with Gasteiger partial charge in [-0.15, -0.1) is 0 Å². The Kier molecular flexibility index (Phi) is 2.91. The van der Waals surface area contributed by atoms with E-state index < -0.39 is 0 Å². The lowest BCUT2D eigenvalue weighted by Crippen LogP contribution is -2.62. The monoisotopic (exact) mass is 271 g/mol. The van der Waals surface area contributed by atoms with Crippen LogP contribution < -0.4 is 10.2 Å². The normalized spacial score (nSPS) is 22.5. The summed E-state index contributed by atoms with van der Waals surface area (Å²) in [6.07, 6.45) is 6.50. The van der Waals surface area contributed by atoms with E-state index in [4.69, 9.17) is 9.40 Å². The Labute approximate surface area is 119 Å². The van der Waals surface area contributed by atoms with Gasteiger partial charge in [-0.25, -0.2) is 0 Å². The Morgan fingerprint density at radius 1 is 1.15 bits per heavy atom. The highest BCUT2D eigenvalue weighted by Gasteiger charge is 2.41. The molecule has 0 atom stereocenters. The lowest BCUT2D eigenvalue weighted by molar-refractivity contribution is 0.231. The second-order valence-corrected chi connectivity index (χ2v) is 6.08. The quantitative estimate of drug-likeness (QED) is 0.866. The smallest absolute Gasteiger partial charge is 0.298 e. The van der Waals surface area contributed by atoms with E-state index in [0.717, 1.165) is 36.7 Å². The fourth-order valence-corrected chi connectivity index (χ4v) is 3.78. The van der Waals surface area contributed by atoms with Crippen LogP contribution >= 0.6 is 0 Å². The molecule has 2 heterocycles. The van der Waals surface area contributed by atoms with Crippen molar-refractivity contribution in [1.82, 2.24) is 10.3 Å². The molecular weight excluding hydrogens is 250 g/mol. The van der Waals surface area contributed by atoms with Crippen molar-refractivity contribution in [3.05, 3.63) is 24.3 Å². The third-order valence-corrected chi connectivity index (χ3v) is 4.84. The van der Waals surface area contributed by atoms with Crippen molar-refractivity contribution in [2.45, 2.75) is 37.6 Å². The van der Waals surface area contributed by atoms with Gasteiger partial charge in [0, 0.05) is 19.6 Å². The van der Waals surface area contributed by atoms with Gasteiger partial charge >= 0.3 is 0 Å². The average molecular weight is 271 g/mol. The summed E-state index contributed by atoms with van der Waals surface area (Å²) in [4.78, 5) is 7.15. The van der Waals surface area contributed by atoms with Crippen molar-refractivity contribution in [2.24, 2.45) is 0 Å². The molecular formula is C16H21N3O. The lowest BCUT2D eigenvalue weighted by atomic mass is 9.79. The minimum absolute atomic E-state index is 0.220. The van der Waals surface area contributed by atoms with E-state index in [1.54, 1.807) is 0 Å². The molecule has 4 rings (SSSR count). The molecule has 1 aliphatic heterocycles. The minimum atomic E-state index is 0.220. The Hall–Kier alpha value is -1.55. The van der Waals surface area contributed by atoms with Crippen LogP contribution in [0.4, 0.5) is 6.01 Å². The zero-order chi connectivity index (χ0) is 13.4. The van der Waals surface area contributed by atoms with E-state index in [-0.39, 0.29) is 5.54 Å². The Morgan fingerprint density at radius 3 is 2.85 bits per heavy atom. The van der Waals surface area contributed by atoms with Crippen LogP contribution in [0.1, 0.15) is 32.1 Å². The second-order valence-electron chi connectivity index (χ2n) is 6.08. The van der Waals surface area contributed by atoms with Crippen LogP contribution in [0.25, 0.3) is 11.1 Å². The number of aromatic nitrogens is 1. The van der Waals surface area contributed by atoms with Crippen molar-refractivity contribution in [2.75, 3.05) is 24.5 Å². The number of anilines is 1. The molecule has 106 valence electrons. The van der Waals surface area contributed by atoms with Gasteiger partial charge < -0.3 is 14.6 Å². The summed E-state index contributed by atoms with van der Waals surface area (Å²) in [7, 11) is 0. The molecule has 2 fully saturated rings. The number of fused-ring (bicyclic) bond motifs is 1. The van der Waals surface area contributed by atoms with Gasteiger partial charge in [0.1, 0.15) is 5.52 Å². The van der Waals surface area contributed by atoms with E-state index in [1.165, 1.54) is 32.1 Å². The standard InChI is InChI=1S/C16H21N3O/c1-4-8-16(9-5-1)12-17-10-11-19(16)15-18-13-6-2-3-7-14(13)20-15/h2-3,6-7,17H,1,4-5,8-12H2. The topological polar surface area (TPSA) is 41.3 Å². The van der Waals surface area contributed by atoms with Crippen LogP contribution in [0, 0.1) is 0 Å². The van der Waals surface area contributed by atoms with E-state index >= 15 is 0 Å². The van der Waals surface area contributed by atoms with Crippen molar-refractivity contribution >= 4 is 17.1 Å². The molecule has 1 saturated carbocycles. The third kappa shape index (κ3) is 1.90. The molecule has 0 amide bonds. The first-order chi connectivity index (χ1) is 9.87. The summed E-state index contributed by atoms with van der Waals surface area (Å²) in [6, 6.07) is 8.86. The van der Waals surface area contributed by atoms with Crippen molar-refractivity contribution in [3.8, 4) is 0 Å². The van der Waals surface area contributed by atoms with E-state index in [1.807, 2.05) is 24.3 Å². The molecule has 1 saturated heterocycles. The summed E-state index contributed by atoms with van der Waals surface area (Å²) in [5.74, 6) is 0. The van der Waals surface area contributed by atoms with Crippen LogP contribution in [-0.2, 0) is 0 Å². The number of benzene rings is 1. The number of nitrogens with zero attached hydrogens (tertiary/aromatic N) is 2. The molecule has 2 aliphatic rings. The molecule has 0 radical (unpaired) electrons. The highest BCUT2D eigenvalue weighted by molar-refractivity contribution is 5.74. The molecule has 2 aromatic rings. The van der Waals surface area contributed by atoms with Gasteiger partial charge in [-0.1, -0.05) is 31.4 Å². The van der Waals surface area contributed by atoms with Crippen LogP contribution in [0.5, 0.6) is 0 Å². The molecule has 4 nitrogen and oxygen atoms in total. The van der Waals surface area contributed by atoms with E-state index in [2.05, 4.69) is 10.2 Å². The van der Waals surface area contributed by atoms with Crippen molar-refractivity contribution in [1.29, 1.82) is 0 Å². The molecule has 0 unspecified atom stereocenters. The average Bonchev–Trinajstić information content (AvgIpc) is 2.92. The third-order valence-electron chi connectivity index (χ3n) is 4.84. The summed E-state index contributed by atoms with van der Waals surface area (Å²) >= 11 is 0. The first-order valence-electron chi connectivity index (χ1n) is 7.71. The lowest BCUT2D eigenvalue weighted by Gasteiger charge is -2.49. The Balaban J connectivity index is 1.73. The predicted molar refractivity (Wildman–Crippen MR) is 80.0 cm³/mol. The first kappa shape index (κ1) is 12.2. The predicted octanol–water partition coefficient (Wildman–Crippen LogP) is 2.94. The maximum atomic E-state index is 6.02. The van der Waals surface area contributed by atoms with Gasteiger partial charge in [-0.05, 0) is 25.0 Å². The summed E-state index contributed by atoms with van der Waals surface area (Å²) in [5, 5.41) is 3.57. The number of rotatable bonds is 1. The number of para-hydroxylation sites is 2. The number of nitrogens with one attached hydrogen (secondary N) is 1. The molecule has 20 heavy (non-hydrogen) atoms. The second kappa shape index (κ2) is 4.77. The number of hydrogen-bond acceptors (Lipinski definition) is 4. The maximum Gasteiger partial charge on any atom is 0.298 e. The van der Waals surface area contributed by atoms with Gasteiger partial charge in [-0.3, -0.25) is 0 Å². The van der Waals surface area contributed by atoms with Crippen LogP contribution in [-0.4, -0.2) is 30.2 Å². The summed E-state index contributed by atoms with van der Waals surface area (Å²) < 4.78 is 6.02. The Morgan fingerprint density at radius 2 is 2.00 bits per heavy atom. The zero-order valence-corrected chi connectivity index (χ0v) is 11.8. The number of oxazole rings is 1. The minimum Gasteiger partial charge on any atom is -0.423 e. The van der Waals surface area contributed by atoms with Crippen LogP contribution in [0.3, 0.4) is 0 Å². The van der Waals surface area contributed by atoms with Crippen molar-refractivity contribution in [3.63, 3.8) is 0 Å². The largest absolute Gasteiger partial charge is 0.423 e. The van der Waals surface area contributed by atoms with Gasteiger partial charge in [-0.2, -0.15) is 4.98 Å². The van der Waals surface area contributed by atoms with Gasteiger partial charge in [0.2, 0.25) is 0 Å². The van der Waals surface area contributed by atoms with Crippen molar-refractivity contribution < 1.29 is 4.42 Å². The fourth-order valence-electron chi connectivity index (χ4n) is 3.78. The summed E-state index contributed by atoms with van der Waals surface area (Å²) in [6.45, 7) is 3.07. The highest BCUT2D eigenvalue weighted by atomic mass is 16.4. The SMILES string of the molecule is c1ccc2oc(N3CCNCC34CCCCC4)nc2c1. The summed E-state index contributed by atoms with van der Waals surface area (Å²) in [5.41, 5.74) is 2.08. The number of piperazine rings is 1. The van der Waals surface area contributed by atoms with Crippen LogP contribution in [0.15, 0.2) is 28.7 Å². The van der Waals surface area contributed by atoms with Gasteiger partial charge in [0.25, 0.3) is 6.01 Å². The molecule has 1 aromatic carbocycles. The molecule has 1 aromatic heterocycles. The molecule has 4 heteroatoms. The molecule has 1 aliphatic carbocycles. The molecule has 0 bridgehead atoms. The molecule has 1 spiro atoms. The zero-order valence-electron chi connectivity index (χ0n) is 11.8.